The zero-order valence-corrected chi connectivity index (χ0v) is 17.6. The van der Waals surface area contributed by atoms with Gasteiger partial charge in [-0.05, 0) is 50.8 Å². The number of oxime groups is 1. The van der Waals surface area contributed by atoms with Crippen LogP contribution >= 0.6 is 0 Å². The molecule has 30 heavy (non-hydrogen) atoms. The van der Waals surface area contributed by atoms with Gasteiger partial charge in [0.05, 0.1) is 18.0 Å². The molecule has 0 spiro atoms. The Balaban J connectivity index is 1.91. The number of hydrogen-bond donors (Lipinski definition) is 2. The van der Waals surface area contributed by atoms with Crippen LogP contribution in [0.25, 0.3) is 11.3 Å². The number of rotatable bonds is 5. The Morgan fingerprint density at radius 2 is 2.10 bits per heavy atom. The van der Waals surface area contributed by atoms with Gasteiger partial charge < -0.3 is 19.8 Å². The molecule has 4 aliphatic rings. The molecule has 2 fully saturated rings. The van der Waals surface area contributed by atoms with Crippen molar-refractivity contribution in [3.05, 3.63) is 29.5 Å². The van der Waals surface area contributed by atoms with E-state index in [0.717, 1.165) is 56.5 Å². The Morgan fingerprint density at radius 3 is 2.77 bits per heavy atom. The van der Waals surface area contributed by atoms with Gasteiger partial charge in [-0.25, -0.2) is 9.37 Å². The number of piperidine rings is 1. The Labute approximate surface area is 176 Å². The third kappa shape index (κ3) is 4.33. The van der Waals surface area contributed by atoms with Crippen LogP contribution in [0.4, 0.5) is 4.39 Å². The van der Waals surface area contributed by atoms with Gasteiger partial charge in [-0.15, -0.1) is 0 Å². The summed E-state index contributed by atoms with van der Waals surface area (Å²) >= 11 is 0. The Morgan fingerprint density at radius 1 is 1.30 bits per heavy atom. The van der Waals surface area contributed by atoms with Gasteiger partial charge in [0.15, 0.2) is 0 Å². The van der Waals surface area contributed by atoms with Gasteiger partial charge in [-0.1, -0.05) is 18.5 Å². The minimum absolute atomic E-state index is 0.202. The van der Waals surface area contributed by atoms with Crippen LogP contribution in [0.1, 0.15) is 57.7 Å². The molecule has 0 aromatic carbocycles. The first-order valence-electron chi connectivity index (χ1n) is 10.8. The van der Waals surface area contributed by atoms with E-state index in [9.17, 15) is 9.60 Å². The minimum atomic E-state index is -1.48. The standard InChI is InChI=1S/C22H30FN5O2/c1-14-4-3-5-18(14)28-19-11-22(27-17-6-8-24-9-7-17)25-12-16(19)10-21(30-15(2)23)20(28)13-26-29/h10-15,17-18,24,29H,3-9H2,1-2H3/t14-,15?,18+/m0/s1. The van der Waals surface area contributed by atoms with E-state index < -0.39 is 6.36 Å². The molecule has 3 heterocycles. The van der Waals surface area contributed by atoms with Crippen molar-refractivity contribution in [1.29, 1.82) is 0 Å². The fourth-order valence-corrected chi connectivity index (χ4v) is 4.74. The molecule has 2 N–H and O–H groups in total. The van der Waals surface area contributed by atoms with Gasteiger partial charge in [-0.3, -0.25) is 4.99 Å². The number of nitrogens with zero attached hydrogens (tertiary/aromatic N) is 4. The molecule has 4 rings (SSSR count). The first-order chi connectivity index (χ1) is 14.6. The van der Waals surface area contributed by atoms with E-state index in [1.807, 2.05) is 6.07 Å². The normalized spacial score (nSPS) is 24.7. The summed E-state index contributed by atoms with van der Waals surface area (Å²) in [6, 6.07) is 4.23. The monoisotopic (exact) mass is 415 g/mol. The molecule has 8 heteroatoms. The number of alkyl halides is 1. The van der Waals surface area contributed by atoms with E-state index >= 15 is 0 Å². The van der Waals surface area contributed by atoms with Crippen LogP contribution in [0.15, 0.2) is 28.5 Å². The quantitative estimate of drug-likeness (QED) is 0.445. The van der Waals surface area contributed by atoms with Crippen LogP contribution in [0.2, 0.25) is 0 Å². The fourth-order valence-electron chi connectivity index (χ4n) is 4.74. The molecular formula is C22H30FN5O2. The molecule has 1 saturated heterocycles. The van der Waals surface area contributed by atoms with E-state index in [1.54, 1.807) is 12.3 Å². The van der Waals surface area contributed by atoms with Gasteiger partial charge in [0, 0.05) is 30.8 Å². The SMILES string of the molecule is CC(F)Oc1cc2cnc(=NC3CCNCC3)cc-2n([C@@H]2CCC[C@@H]2C)c1C=NO. The summed E-state index contributed by atoms with van der Waals surface area (Å²) in [4.78, 5) is 9.41. The van der Waals surface area contributed by atoms with Crippen molar-refractivity contribution >= 4 is 6.21 Å². The maximum absolute atomic E-state index is 13.7. The van der Waals surface area contributed by atoms with Crippen molar-refractivity contribution in [2.24, 2.45) is 16.1 Å². The van der Waals surface area contributed by atoms with Crippen LogP contribution in [0.5, 0.6) is 5.75 Å². The van der Waals surface area contributed by atoms with E-state index in [-0.39, 0.29) is 12.1 Å². The van der Waals surface area contributed by atoms with Crippen molar-refractivity contribution < 1.29 is 14.3 Å². The second-order valence-electron chi connectivity index (χ2n) is 8.36. The van der Waals surface area contributed by atoms with Crippen molar-refractivity contribution in [2.75, 3.05) is 13.1 Å². The van der Waals surface area contributed by atoms with Crippen LogP contribution in [0, 0.1) is 5.92 Å². The maximum Gasteiger partial charge on any atom is 0.235 e. The smallest absolute Gasteiger partial charge is 0.235 e. The van der Waals surface area contributed by atoms with Gasteiger partial charge >= 0.3 is 0 Å². The molecule has 7 nitrogen and oxygen atoms in total. The Bertz CT molecular complexity index is 936. The van der Waals surface area contributed by atoms with Gasteiger partial charge in [0.2, 0.25) is 6.36 Å². The highest BCUT2D eigenvalue weighted by atomic mass is 19.1. The minimum Gasteiger partial charge on any atom is -0.458 e. The second-order valence-corrected chi connectivity index (χ2v) is 8.36. The average molecular weight is 416 g/mol. The highest BCUT2D eigenvalue weighted by Crippen LogP contribution is 2.41. The van der Waals surface area contributed by atoms with Crippen molar-refractivity contribution in [3.63, 3.8) is 0 Å². The van der Waals surface area contributed by atoms with Crippen LogP contribution < -0.4 is 15.5 Å². The molecule has 0 aromatic heterocycles. The van der Waals surface area contributed by atoms with Crippen LogP contribution in [-0.4, -0.2) is 46.5 Å². The highest BCUT2D eigenvalue weighted by molar-refractivity contribution is 5.84. The highest BCUT2D eigenvalue weighted by Gasteiger charge is 2.30. The summed E-state index contributed by atoms with van der Waals surface area (Å²) in [6.07, 6.45) is 6.89. The van der Waals surface area contributed by atoms with Crippen molar-refractivity contribution in [2.45, 2.75) is 64.4 Å². The molecule has 0 bridgehead atoms. The number of ether oxygens (including phenoxy) is 1. The van der Waals surface area contributed by atoms with Gasteiger partial charge in [0.1, 0.15) is 16.9 Å². The number of fused-ring (bicyclic) bond motifs is 1. The molecule has 3 atom stereocenters. The van der Waals surface area contributed by atoms with Crippen molar-refractivity contribution in [3.8, 4) is 17.0 Å². The maximum atomic E-state index is 13.7. The average Bonchev–Trinajstić information content (AvgIpc) is 3.14. The van der Waals surface area contributed by atoms with Crippen LogP contribution in [0.3, 0.4) is 0 Å². The molecule has 0 aromatic rings. The number of pyridine rings is 2. The van der Waals surface area contributed by atoms with E-state index in [2.05, 4.69) is 26.9 Å². The van der Waals surface area contributed by atoms with E-state index in [0.29, 0.717) is 22.8 Å². The van der Waals surface area contributed by atoms with Crippen molar-refractivity contribution in [1.82, 2.24) is 14.9 Å². The summed E-state index contributed by atoms with van der Waals surface area (Å²) in [6.45, 7) is 5.51. The molecule has 3 aliphatic heterocycles. The first kappa shape index (κ1) is 20.8. The molecule has 0 amide bonds. The number of nitrogens with one attached hydrogen (secondary N) is 1. The summed E-state index contributed by atoms with van der Waals surface area (Å²) in [7, 11) is 0. The molecule has 162 valence electrons. The van der Waals surface area contributed by atoms with Gasteiger partial charge in [-0.2, -0.15) is 0 Å². The summed E-state index contributed by atoms with van der Waals surface area (Å²) in [5, 5.41) is 15.9. The van der Waals surface area contributed by atoms with E-state index in [4.69, 9.17) is 9.73 Å². The number of aromatic nitrogens is 2. The first-order valence-corrected chi connectivity index (χ1v) is 10.8. The predicted octanol–water partition coefficient (Wildman–Crippen LogP) is 3.50. The number of hydrogen-bond acceptors (Lipinski definition) is 6. The molecule has 1 unspecified atom stereocenters. The topological polar surface area (TPSA) is 84.0 Å². The zero-order valence-electron chi connectivity index (χ0n) is 17.6. The summed E-state index contributed by atoms with van der Waals surface area (Å²) in [5.41, 5.74) is 3.06. The lowest BCUT2D eigenvalue weighted by Crippen LogP contribution is -2.31. The van der Waals surface area contributed by atoms with Crippen LogP contribution in [-0.2, 0) is 0 Å². The zero-order chi connectivity index (χ0) is 21.1. The molecule has 0 radical (unpaired) electrons. The third-order valence-electron chi connectivity index (χ3n) is 6.20. The van der Waals surface area contributed by atoms with E-state index in [1.165, 1.54) is 13.1 Å². The lowest BCUT2D eigenvalue weighted by molar-refractivity contribution is 0.0847. The molecule has 1 saturated carbocycles. The van der Waals surface area contributed by atoms with Gasteiger partial charge in [0.25, 0.3) is 0 Å². The summed E-state index contributed by atoms with van der Waals surface area (Å²) < 4.78 is 21.3. The summed E-state index contributed by atoms with van der Waals surface area (Å²) in [5.74, 6) is 0.791. The largest absolute Gasteiger partial charge is 0.458 e. The molecular weight excluding hydrogens is 385 g/mol. The number of halogens is 1. The Kier molecular flexibility index (Phi) is 6.32. The third-order valence-corrected chi connectivity index (χ3v) is 6.20. The lowest BCUT2D eigenvalue weighted by atomic mass is 10.0. The molecule has 1 aliphatic carbocycles. The fraction of sp³-hybridized carbons (Fsp3) is 0.591. The second kappa shape index (κ2) is 9.12. The Hall–Kier alpha value is -2.48. The lowest BCUT2D eigenvalue weighted by Gasteiger charge is -2.29. The predicted molar refractivity (Wildman–Crippen MR) is 113 cm³/mol.